The number of para-hydroxylation sites is 2. The van der Waals surface area contributed by atoms with E-state index in [9.17, 15) is 18.4 Å². The van der Waals surface area contributed by atoms with Gasteiger partial charge in [0, 0.05) is 26.6 Å². The number of alkyl halides is 2. The van der Waals surface area contributed by atoms with Gasteiger partial charge in [-0.1, -0.05) is 24.3 Å². The van der Waals surface area contributed by atoms with E-state index in [2.05, 4.69) is 4.74 Å². The molecule has 3 rings (SSSR count). The van der Waals surface area contributed by atoms with Gasteiger partial charge in [0.05, 0.1) is 5.52 Å². The van der Waals surface area contributed by atoms with Crippen LogP contribution in [0.5, 0.6) is 5.75 Å². The van der Waals surface area contributed by atoms with Crippen LogP contribution in [-0.2, 0) is 17.9 Å². The number of nitrogens with zero attached hydrogens (tertiary/aromatic N) is 2. The molecule has 0 saturated heterocycles. The van der Waals surface area contributed by atoms with Crippen LogP contribution in [0, 0.1) is 0 Å². The van der Waals surface area contributed by atoms with E-state index in [0.29, 0.717) is 30.6 Å². The summed E-state index contributed by atoms with van der Waals surface area (Å²) in [4.78, 5) is 25.8. The maximum Gasteiger partial charge on any atom is 0.419 e. The standard InChI is InChI=1S/C20H20F2N2O4/c1-23(13-14-8-10-15(11-9-14)27-19(21)22)18(25)7-4-12-24-16-5-2-3-6-17(16)28-20(24)26/h2-3,5-6,8-11,19H,4,7,12-13H2,1H3. The Bertz CT molecular complexity index is 995. The van der Waals surface area contributed by atoms with Gasteiger partial charge in [0.25, 0.3) is 0 Å². The van der Waals surface area contributed by atoms with Crippen molar-refractivity contribution in [2.24, 2.45) is 0 Å². The molecule has 0 bridgehead atoms. The molecule has 0 fully saturated rings. The highest BCUT2D eigenvalue weighted by Gasteiger charge is 2.12. The summed E-state index contributed by atoms with van der Waals surface area (Å²) in [6, 6.07) is 13.3. The molecule has 1 heterocycles. The Morgan fingerprint density at radius 2 is 1.89 bits per heavy atom. The fraction of sp³-hybridized carbons (Fsp3) is 0.300. The third-order valence-corrected chi connectivity index (χ3v) is 4.34. The quantitative estimate of drug-likeness (QED) is 0.589. The fourth-order valence-corrected chi connectivity index (χ4v) is 2.94. The Kier molecular flexibility index (Phi) is 6.08. The highest BCUT2D eigenvalue weighted by atomic mass is 19.3. The molecule has 0 atom stereocenters. The number of hydrogen-bond donors (Lipinski definition) is 0. The number of halogens is 2. The average molecular weight is 390 g/mol. The molecule has 0 aliphatic heterocycles. The normalized spacial score (nSPS) is 11.1. The number of aryl methyl sites for hydroxylation is 1. The van der Waals surface area contributed by atoms with Gasteiger partial charge < -0.3 is 14.1 Å². The van der Waals surface area contributed by atoms with Gasteiger partial charge in [-0.25, -0.2) is 4.79 Å². The molecule has 0 aliphatic carbocycles. The van der Waals surface area contributed by atoms with Gasteiger partial charge >= 0.3 is 12.4 Å². The zero-order valence-electron chi connectivity index (χ0n) is 15.3. The molecule has 0 spiro atoms. The fourth-order valence-electron chi connectivity index (χ4n) is 2.94. The zero-order valence-corrected chi connectivity index (χ0v) is 15.3. The van der Waals surface area contributed by atoms with Crippen molar-refractivity contribution >= 4 is 17.0 Å². The van der Waals surface area contributed by atoms with Gasteiger partial charge in [-0.15, -0.1) is 0 Å². The largest absolute Gasteiger partial charge is 0.435 e. The van der Waals surface area contributed by atoms with Crippen LogP contribution in [0.1, 0.15) is 18.4 Å². The molecule has 0 saturated carbocycles. The number of carbonyl (C=O) groups excluding carboxylic acids is 1. The molecule has 2 aromatic carbocycles. The summed E-state index contributed by atoms with van der Waals surface area (Å²) in [5.41, 5.74) is 2.03. The number of amides is 1. The lowest BCUT2D eigenvalue weighted by Crippen LogP contribution is -2.26. The van der Waals surface area contributed by atoms with Gasteiger partial charge in [0.15, 0.2) is 5.58 Å². The average Bonchev–Trinajstić information content (AvgIpc) is 2.98. The second kappa shape index (κ2) is 8.69. The van der Waals surface area contributed by atoms with Gasteiger partial charge in [0.2, 0.25) is 5.91 Å². The number of fused-ring (bicyclic) bond motifs is 1. The van der Waals surface area contributed by atoms with E-state index in [-0.39, 0.29) is 18.1 Å². The molecule has 0 unspecified atom stereocenters. The zero-order chi connectivity index (χ0) is 20.1. The van der Waals surface area contributed by atoms with Crippen LogP contribution in [-0.4, -0.2) is 29.0 Å². The van der Waals surface area contributed by atoms with Crippen molar-refractivity contribution in [3.8, 4) is 5.75 Å². The van der Waals surface area contributed by atoms with Crippen molar-refractivity contribution in [3.63, 3.8) is 0 Å². The Morgan fingerprint density at radius 3 is 2.61 bits per heavy atom. The van der Waals surface area contributed by atoms with Crippen LogP contribution in [0.25, 0.3) is 11.1 Å². The molecule has 1 amide bonds. The molecule has 0 radical (unpaired) electrons. The molecule has 1 aromatic heterocycles. The summed E-state index contributed by atoms with van der Waals surface area (Å²) >= 11 is 0. The van der Waals surface area contributed by atoms with Crippen molar-refractivity contribution in [2.45, 2.75) is 32.5 Å². The summed E-state index contributed by atoms with van der Waals surface area (Å²) in [6.45, 7) is -2.13. The van der Waals surface area contributed by atoms with Crippen LogP contribution < -0.4 is 10.5 Å². The van der Waals surface area contributed by atoms with Gasteiger partial charge in [-0.3, -0.25) is 9.36 Å². The third-order valence-electron chi connectivity index (χ3n) is 4.34. The molecule has 28 heavy (non-hydrogen) atoms. The maximum absolute atomic E-state index is 12.3. The predicted octanol–water partition coefficient (Wildman–Crippen LogP) is 3.63. The van der Waals surface area contributed by atoms with E-state index >= 15 is 0 Å². The lowest BCUT2D eigenvalue weighted by Gasteiger charge is -2.17. The summed E-state index contributed by atoms with van der Waals surface area (Å²) in [7, 11) is 1.67. The summed E-state index contributed by atoms with van der Waals surface area (Å²) < 4.78 is 35.3. The molecule has 0 N–H and O–H groups in total. The lowest BCUT2D eigenvalue weighted by molar-refractivity contribution is -0.130. The predicted molar refractivity (Wildman–Crippen MR) is 99.3 cm³/mol. The number of aromatic nitrogens is 1. The number of rotatable bonds is 8. The smallest absolute Gasteiger partial charge is 0.419 e. The highest BCUT2D eigenvalue weighted by molar-refractivity contribution is 5.76. The van der Waals surface area contributed by atoms with Crippen molar-refractivity contribution in [2.75, 3.05) is 7.05 Å². The number of hydrogen-bond acceptors (Lipinski definition) is 4. The van der Waals surface area contributed by atoms with Crippen LogP contribution in [0.4, 0.5) is 8.78 Å². The van der Waals surface area contributed by atoms with Gasteiger partial charge in [-0.2, -0.15) is 8.78 Å². The number of benzene rings is 2. The second-order valence-electron chi connectivity index (χ2n) is 6.36. The first kappa shape index (κ1) is 19.6. The molecular weight excluding hydrogens is 370 g/mol. The van der Waals surface area contributed by atoms with E-state index in [1.54, 1.807) is 42.3 Å². The first-order valence-corrected chi connectivity index (χ1v) is 8.80. The van der Waals surface area contributed by atoms with Gasteiger partial charge in [0.1, 0.15) is 5.75 Å². The van der Waals surface area contributed by atoms with Crippen LogP contribution in [0.2, 0.25) is 0 Å². The van der Waals surface area contributed by atoms with Crippen molar-refractivity contribution in [1.82, 2.24) is 9.47 Å². The highest BCUT2D eigenvalue weighted by Crippen LogP contribution is 2.16. The summed E-state index contributed by atoms with van der Waals surface area (Å²) in [6.07, 6.45) is 0.767. The van der Waals surface area contributed by atoms with E-state index in [1.165, 1.54) is 16.7 Å². The SMILES string of the molecule is CN(Cc1ccc(OC(F)F)cc1)C(=O)CCCn1c(=O)oc2ccccc21. The molecule has 3 aromatic rings. The number of oxazole rings is 1. The van der Waals surface area contributed by atoms with E-state index in [0.717, 1.165) is 5.56 Å². The first-order valence-electron chi connectivity index (χ1n) is 8.80. The molecule has 8 heteroatoms. The maximum atomic E-state index is 12.3. The van der Waals surface area contributed by atoms with Crippen LogP contribution >= 0.6 is 0 Å². The Hall–Kier alpha value is -3.16. The molecule has 6 nitrogen and oxygen atoms in total. The van der Waals surface area contributed by atoms with Crippen molar-refractivity contribution in [1.29, 1.82) is 0 Å². The minimum Gasteiger partial charge on any atom is -0.435 e. The lowest BCUT2D eigenvalue weighted by atomic mass is 10.2. The van der Waals surface area contributed by atoms with Gasteiger partial charge in [-0.05, 0) is 36.2 Å². The number of ether oxygens (including phenoxy) is 1. The Labute approximate surface area is 159 Å². The Balaban J connectivity index is 1.51. The van der Waals surface area contributed by atoms with E-state index in [4.69, 9.17) is 4.42 Å². The van der Waals surface area contributed by atoms with E-state index < -0.39 is 12.4 Å². The summed E-state index contributed by atoms with van der Waals surface area (Å²) in [5.74, 6) is -0.438. The van der Waals surface area contributed by atoms with Crippen molar-refractivity contribution in [3.05, 3.63) is 64.6 Å². The number of carbonyl (C=O) groups is 1. The monoisotopic (exact) mass is 390 g/mol. The Morgan fingerprint density at radius 1 is 1.18 bits per heavy atom. The molecule has 0 aliphatic rings. The molecule has 148 valence electrons. The van der Waals surface area contributed by atoms with E-state index in [1.807, 2.05) is 6.07 Å². The topological polar surface area (TPSA) is 64.7 Å². The second-order valence-corrected chi connectivity index (χ2v) is 6.36. The molecular formula is C20H20F2N2O4. The minimum atomic E-state index is -2.87. The van der Waals surface area contributed by atoms with Crippen molar-refractivity contribution < 1.29 is 22.7 Å². The third kappa shape index (κ3) is 4.76. The van der Waals surface area contributed by atoms with Crippen LogP contribution in [0.15, 0.2) is 57.7 Å². The minimum absolute atomic E-state index is 0.0745. The summed E-state index contributed by atoms with van der Waals surface area (Å²) in [5, 5.41) is 0. The first-order chi connectivity index (χ1) is 13.4. The van der Waals surface area contributed by atoms with Crippen LogP contribution in [0.3, 0.4) is 0 Å².